The zero-order chi connectivity index (χ0) is 13.0. The maximum Gasteiger partial charge on any atom is 0.375 e. The Labute approximate surface area is 110 Å². The first kappa shape index (κ1) is 14.0. The van der Waals surface area contributed by atoms with Crippen molar-refractivity contribution in [2.24, 2.45) is 0 Å². The molecule has 0 aromatic heterocycles. The fourth-order valence-corrected chi connectivity index (χ4v) is 1.67. The van der Waals surface area contributed by atoms with Crippen LogP contribution in [0.1, 0.15) is 19.4 Å². The summed E-state index contributed by atoms with van der Waals surface area (Å²) in [5.74, 6) is -1.46. The molecule has 0 saturated carbocycles. The van der Waals surface area contributed by atoms with Gasteiger partial charge in [-0.3, -0.25) is 4.79 Å². The second-order valence-electron chi connectivity index (χ2n) is 3.79. The Morgan fingerprint density at radius 2 is 1.94 bits per heavy atom. The zero-order valence-electron chi connectivity index (χ0n) is 9.50. The van der Waals surface area contributed by atoms with E-state index < -0.39 is 11.8 Å². The van der Waals surface area contributed by atoms with E-state index in [-0.39, 0.29) is 12.5 Å². The molecule has 92 valence electrons. The van der Waals surface area contributed by atoms with Crippen molar-refractivity contribution < 1.29 is 14.3 Å². The lowest BCUT2D eigenvalue weighted by atomic mass is 10.1. The van der Waals surface area contributed by atoms with Gasteiger partial charge in [0.1, 0.15) is 0 Å². The van der Waals surface area contributed by atoms with Crippen molar-refractivity contribution in [3.8, 4) is 0 Å². The molecule has 1 rings (SSSR count). The maximum absolute atomic E-state index is 11.5. The van der Waals surface area contributed by atoms with Crippen molar-refractivity contribution in [2.45, 2.75) is 26.4 Å². The zero-order valence-corrected chi connectivity index (χ0v) is 11.0. The molecule has 0 spiro atoms. The number of ether oxygens (including phenoxy) is 1. The summed E-state index contributed by atoms with van der Waals surface area (Å²) in [6.45, 7) is 3.36. The first-order valence-electron chi connectivity index (χ1n) is 5.08. The van der Waals surface area contributed by atoms with Crippen LogP contribution in [0.5, 0.6) is 0 Å². The number of benzene rings is 1. The number of carbonyl (C=O) groups is 2. The number of hydrogen-bond donors (Lipinski definition) is 0. The molecule has 0 unspecified atom stereocenters. The van der Waals surface area contributed by atoms with Gasteiger partial charge >= 0.3 is 5.97 Å². The molecule has 3 nitrogen and oxygen atoms in total. The Morgan fingerprint density at radius 3 is 2.47 bits per heavy atom. The summed E-state index contributed by atoms with van der Waals surface area (Å²) < 4.78 is 4.79. The summed E-state index contributed by atoms with van der Waals surface area (Å²) in [4.78, 5) is 22.8. The van der Waals surface area contributed by atoms with Crippen LogP contribution in [0.15, 0.2) is 18.2 Å². The molecule has 0 radical (unpaired) electrons. The van der Waals surface area contributed by atoms with E-state index in [9.17, 15) is 9.59 Å². The van der Waals surface area contributed by atoms with Gasteiger partial charge in [0.25, 0.3) is 0 Å². The number of hydrogen-bond acceptors (Lipinski definition) is 3. The summed E-state index contributed by atoms with van der Waals surface area (Å²) in [5.41, 5.74) is 0.557. The Kier molecular flexibility index (Phi) is 4.97. The molecule has 1 aromatic carbocycles. The second kappa shape index (κ2) is 6.03. The van der Waals surface area contributed by atoms with Crippen molar-refractivity contribution in [1.29, 1.82) is 0 Å². The van der Waals surface area contributed by atoms with Gasteiger partial charge in [-0.05, 0) is 31.5 Å². The molecule has 0 amide bonds. The minimum absolute atomic E-state index is 0.0818. The Hall–Kier alpha value is -1.06. The maximum atomic E-state index is 11.5. The third-order valence-corrected chi connectivity index (χ3v) is 2.52. The normalized spacial score (nSPS) is 10.4. The summed E-state index contributed by atoms with van der Waals surface area (Å²) >= 11 is 11.6. The molecule has 17 heavy (non-hydrogen) atoms. The van der Waals surface area contributed by atoms with Crippen molar-refractivity contribution in [3.05, 3.63) is 33.8 Å². The summed E-state index contributed by atoms with van der Waals surface area (Å²) in [5, 5.41) is 0.846. The van der Waals surface area contributed by atoms with Crippen LogP contribution in [0.2, 0.25) is 10.0 Å². The summed E-state index contributed by atoms with van der Waals surface area (Å²) in [7, 11) is 0. The highest BCUT2D eigenvalue weighted by Crippen LogP contribution is 2.21. The minimum atomic E-state index is -0.842. The van der Waals surface area contributed by atoms with Crippen molar-refractivity contribution in [1.82, 2.24) is 0 Å². The van der Waals surface area contributed by atoms with Gasteiger partial charge in [-0.1, -0.05) is 29.3 Å². The van der Waals surface area contributed by atoms with E-state index >= 15 is 0 Å². The highest BCUT2D eigenvalue weighted by molar-refractivity contribution is 6.37. The molecule has 0 aliphatic carbocycles. The quantitative estimate of drug-likeness (QED) is 0.626. The van der Waals surface area contributed by atoms with E-state index in [1.54, 1.807) is 26.0 Å². The van der Waals surface area contributed by atoms with E-state index in [2.05, 4.69) is 0 Å². The molecule has 0 N–H and O–H groups in total. The second-order valence-corrected chi connectivity index (χ2v) is 4.63. The monoisotopic (exact) mass is 274 g/mol. The molecule has 0 bridgehead atoms. The van der Waals surface area contributed by atoms with Crippen molar-refractivity contribution in [2.75, 3.05) is 0 Å². The number of esters is 1. The van der Waals surface area contributed by atoms with Gasteiger partial charge in [-0.2, -0.15) is 0 Å². The van der Waals surface area contributed by atoms with Crippen LogP contribution in [0, 0.1) is 0 Å². The molecule has 0 aliphatic heterocycles. The van der Waals surface area contributed by atoms with Crippen LogP contribution in [0.25, 0.3) is 0 Å². The number of halogens is 2. The topological polar surface area (TPSA) is 43.4 Å². The lowest BCUT2D eigenvalue weighted by Gasteiger charge is -2.07. The Balaban J connectivity index is 2.71. The number of ketones is 1. The van der Waals surface area contributed by atoms with E-state index in [1.807, 2.05) is 0 Å². The smallest absolute Gasteiger partial charge is 0.375 e. The highest BCUT2D eigenvalue weighted by atomic mass is 35.5. The summed E-state index contributed by atoms with van der Waals surface area (Å²) in [6, 6.07) is 4.76. The summed E-state index contributed by atoms with van der Waals surface area (Å²) in [6.07, 6.45) is -0.395. The van der Waals surface area contributed by atoms with Gasteiger partial charge in [0, 0.05) is 16.5 Å². The van der Waals surface area contributed by atoms with E-state index in [4.69, 9.17) is 27.9 Å². The van der Waals surface area contributed by atoms with Gasteiger partial charge in [0.2, 0.25) is 5.78 Å². The van der Waals surface area contributed by atoms with Crippen LogP contribution >= 0.6 is 23.2 Å². The average molecular weight is 275 g/mol. The lowest BCUT2D eigenvalue weighted by Crippen LogP contribution is -2.22. The van der Waals surface area contributed by atoms with Gasteiger partial charge in [0.15, 0.2) is 0 Å². The van der Waals surface area contributed by atoms with Crippen molar-refractivity contribution >= 4 is 35.0 Å². The average Bonchev–Trinajstić information content (AvgIpc) is 2.21. The van der Waals surface area contributed by atoms with Gasteiger partial charge in [-0.25, -0.2) is 4.79 Å². The number of carbonyl (C=O) groups excluding carboxylic acids is 2. The molecular formula is C12H12Cl2O3. The fraction of sp³-hybridized carbons (Fsp3) is 0.333. The van der Waals surface area contributed by atoms with E-state index in [0.717, 1.165) is 0 Å². The molecule has 5 heteroatoms. The van der Waals surface area contributed by atoms with Gasteiger partial charge in [0.05, 0.1) is 6.10 Å². The van der Waals surface area contributed by atoms with E-state index in [1.165, 1.54) is 6.07 Å². The molecule has 0 heterocycles. The molecule has 0 atom stereocenters. The molecule has 0 saturated heterocycles. The van der Waals surface area contributed by atoms with Crippen LogP contribution in [-0.2, 0) is 20.7 Å². The minimum Gasteiger partial charge on any atom is -0.457 e. The van der Waals surface area contributed by atoms with Crippen LogP contribution in [0.3, 0.4) is 0 Å². The fourth-order valence-electron chi connectivity index (χ4n) is 1.19. The third-order valence-electron chi connectivity index (χ3n) is 1.94. The number of Topliss-reactive ketones (excluding diaryl/α,β-unsaturated/α-hetero) is 1. The predicted molar refractivity (Wildman–Crippen MR) is 66.4 cm³/mol. The SMILES string of the molecule is CC(C)OC(=O)C(=O)Cc1ccc(Cl)cc1Cl. The van der Waals surface area contributed by atoms with Crippen LogP contribution in [0.4, 0.5) is 0 Å². The van der Waals surface area contributed by atoms with E-state index in [0.29, 0.717) is 15.6 Å². The molecule has 1 aromatic rings. The van der Waals surface area contributed by atoms with Gasteiger partial charge in [-0.15, -0.1) is 0 Å². The third kappa shape index (κ3) is 4.36. The first-order valence-corrected chi connectivity index (χ1v) is 5.83. The molecule has 0 aliphatic rings. The first-order chi connectivity index (χ1) is 7.90. The predicted octanol–water partition coefficient (Wildman–Crippen LogP) is 3.06. The Morgan fingerprint density at radius 1 is 1.29 bits per heavy atom. The van der Waals surface area contributed by atoms with Crippen molar-refractivity contribution in [3.63, 3.8) is 0 Å². The molecule has 0 fully saturated rings. The largest absolute Gasteiger partial charge is 0.457 e. The lowest BCUT2D eigenvalue weighted by molar-refractivity contribution is -0.156. The van der Waals surface area contributed by atoms with Crippen LogP contribution < -0.4 is 0 Å². The standard InChI is InChI=1S/C12H12Cl2O3/c1-7(2)17-12(16)11(15)5-8-3-4-9(13)6-10(8)14/h3-4,6-7H,5H2,1-2H3. The van der Waals surface area contributed by atoms with Gasteiger partial charge < -0.3 is 4.74 Å². The van der Waals surface area contributed by atoms with Crippen LogP contribution in [-0.4, -0.2) is 17.9 Å². The highest BCUT2D eigenvalue weighted by Gasteiger charge is 2.18. The number of rotatable bonds is 4. The molecular weight excluding hydrogens is 263 g/mol. The Bertz CT molecular complexity index is 441.